The molecular formula is C23H28N6O2. The van der Waals surface area contributed by atoms with E-state index in [9.17, 15) is 9.59 Å². The first-order valence-electron chi connectivity index (χ1n) is 10.7. The minimum Gasteiger partial charge on any atom is -0.357 e. The molecule has 8 heteroatoms. The smallest absolute Gasteiger partial charge is 0.330 e. The number of H-pyrrole nitrogens is 1. The number of aryl methyl sites for hydroxylation is 1. The van der Waals surface area contributed by atoms with Gasteiger partial charge in [0.1, 0.15) is 5.82 Å². The summed E-state index contributed by atoms with van der Waals surface area (Å²) in [5.74, 6) is 1.00. The zero-order chi connectivity index (χ0) is 21.6. The minimum absolute atomic E-state index is 0.213. The van der Waals surface area contributed by atoms with Crippen molar-refractivity contribution in [3.63, 3.8) is 0 Å². The number of amides is 2. The van der Waals surface area contributed by atoms with Crippen molar-refractivity contribution in [1.82, 2.24) is 19.9 Å². The third-order valence-electron chi connectivity index (χ3n) is 5.51. The number of hydrogen-bond acceptors (Lipinski definition) is 4. The average Bonchev–Trinajstić information content (AvgIpc) is 2.96. The lowest BCUT2D eigenvalue weighted by Gasteiger charge is -2.21. The number of carbonyl (C=O) groups is 1. The van der Waals surface area contributed by atoms with Gasteiger partial charge in [0.05, 0.1) is 5.69 Å². The van der Waals surface area contributed by atoms with Crippen LogP contribution in [0.25, 0.3) is 5.69 Å². The zero-order valence-electron chi connectivity index (χ0n) is 17.7. The van der Waals surface area contributed by atoms with Crippen LogP contribution in [0.4, 0.5) is 16.3 Å². The molecule has 0 unspecified atom stereocenters. The number of aromatic nitrogens is 3. The molecule has 0 atom stereocenters. The summed E-state index contributed by atoms with van der Waals surface area (Å²) in [6.45, 7) is 4.34. The average molecular weight is 421 g/mol. The van der Waals surface area contributed by atoms with Crippen LogP contribution in [0.1, 0.15) is 36.9 Å². The lowest BCUT2D eigenvalue weighted by molar-refractivity contribution is 0.251. The van der Waals surface area contributed by atoms with E-state index in [0.29, 0.717) is 17.9 Å². The highest BCUT2D eigenvalue weighted by Gasteiger charge is 2.11. The fourth-order valence-corrected chi connectivity index (χ4v) is 3.86. The topological polar surface area (TPSA) is 95.0 Å². The molecule has 0 aliphatic carbocycles. The molecule has 1 aliphatic rings. The number of anilines is 2. The summed E-state index contributed by atoms with van der Waals surface area (Å²) in [4.78, 5) is 33.9. The molecule has 1 saturated heterocycles. The molecule has 2 amide bonds. The van der Waals surface area contributed by atoms with E-state index in [1.54, 1.807) is 29.0 Å². The molecule has 1 aliphatic heterocycles. The Morgan fingerprint density at radius 1 is 1.13 bits per heavy atom. The fraction of sp³-hybridized carbons (Fsp3) is 0.348. The van der Waals surface area contributed by atoms with Gasteiger partial charge in [0.15, 0.2) is 0 Å². The summed E-state index contributed by atoms with van der Waals surface area (Å²) in [5, 5.41) is 5.67. The van der Waals surface area contributed by atoms with E-state index in [0.717, 1.165) is 30.2 Å². The van der Waals surface area contributed by atoms with Crippen LogP contribution in [0.15, 0.2) is 53.6 Å². The Bertz CT molecular complexity index is 1080. The van der Waals surface area contributed by atoms with Crippen molar-refractivity contribution >= 4 is 17.5 Å². The summed E-state index contributed by atoms with van der Waals surface area (Å²) >= 11 is 0. The molecule has 2 aromatic heterocycles. The molecule has 3 N–H and O–H groups in total. The van der Waals surface area contributed by atoms with Crippen LogP contribution in [0.3, 0.4) is 0 Å². The highest BCUT2D eigenvalue weighted by molar-refractivity contribution is 5.89. The first-order valence-corrected chi connectivity index (χ1v) is 10.7. The van der Waals surface area contributed by atoms with Gasteiger partial charge >= 0.3 is 11.7 Å². The zero-order valence-corrected chi connectivity index (χ0v) is 17.7. The van der Waals surface area contributed by atoms with E-state index in [2.05, 4.69) is 25.5 Å². The SMILES string of the molecule is Cc1c[nH]c(=O)n1-c1cccc(NC(=O)NCc2ccc(N3CCCCCC3)nc2)c1. The second-order valence-corrected chi connectivity index (χ2v) is 7.85. The summed E-state index contributed by atoms with van der Waals surface area (Å²) in [5.41, 5.74) is 2.82. The highest BCUT2D eigenvalue weighted by Crippen LogP contribution is 2.18. The molecule has 0 bridgehead atoms. The monoisotopic (exact) mass is 420 g/mol. The molecule has 8 nitrogen and oxygen atoms in total. The third kappa shape index (κ3) is 5.14. The number of rotatable bonds is 5. The van der Waals surface area contributed by atoms with Crippen LogP contribution in [0.5, 0.6) is 0 Å². The quantitative estimate of drug-likeness (QED) is 0.588. The van der Waals surface area contributed by atoms with Crippen molar-refractivity contribution in [3.05, 3.63) is 70.5 Å². The molecule has 4 rings (SSSR count). The number of aromatic amines is 1. The van der Waals surface area contributed by atoms with Gasteiger partial charge in [0.2, 0.25) is 0 Å². The molecule has 162 valence electrons. The van der Waals surface area contributed by atoms with Gasteiger partial charge in [-0.1, -0.05) is 25.0 Å². The molecule has 3 aromatic rings. The number of nitrogens with zero attached hydrogens (tertiary/aromatic N) is 3. The molecule has 0 spiro atoms. The number of pyridine rings is 1. The molecule has 1 aromatic carbocycles. The van der Waals surface area contributed by atoms with E-state index in [-0.39, 0.29) is 11.7 Å². The van der Waals surface area contributed by atoms with Crippen molar-refractivity contribution < 1.29 is 4.79 Å². The highest BCUT2D eigenvalue weighted by atomic mass is 16.2. The Morgan fingerprint density at radius 3 is 2.61 bits per heavy atom. The summed E-state index contributed by atoms with van der Waals surface area (Å²) < 4.78 is 1.56. The Kier molecular flexibility index (Phi) is 6.35. The first kappa shape index (κ1) is 20.7. The lowest BCUT2D eigenvalue weighted by atomic mass is 10.2. The van der Waals surface area contributed by atoms with E-state index in [1.807, 2.05) is 31.3 Å². The molecular weight excluding hydrogens is 392 g/mol. The predicted molar refractivity (Wildman–Crippen MR) is 122 cm³/mol. The lowest BCUT2D eigenvalue weighted by Crippen LogP contribution is -2.28. The molecule has 1 fully saturated rings. The van der Waals surface area contributed by atoms with Gasteiger partial charge in [-0.25, -0.2) is 14.6 Å². The molecule has 31 heavy (non-hydrogen) atoms. The minimum atomic E-state index is -0.313. The fourth-order valence-electron chi connectivity index (χ4n) is 3.86. The van der Waals surface area contributed by atoms with Crippen LogP contribution >= 0.6 is 0 Å². The van der Waals surface area contributed by atoms with E-state index in [4.69, 9.17) is 0 Å². The second kappa shape index (κ2) is 9.51. The van der Waals surface area contributed by atoms with E-state index in [1.165, 1.54) is 25.7 Å². The third-order valence-corrected chi connectivity index (χ3v) is 5.51. The Labute approximate surface area is 181 Å². The van der Waals surface area contributed by atoms with E-state index < -0.39 is 0 Å². The Morgan fingerprint density at radius 2 is 1.94 bits per heavy atom. The maximum absolute atomic E-state index is 12.3. The van der Waals surface area contributed by atoms with Gasteiger partial charge < -0.3 is 20.5 Å². The predicted octanol–water partition coefficient (Wildman–Crippen LogP) is 3.57. The van der Waals surface area contributed by atoms with Gasteiger partial charge in [0.25, 0.3) is 0 Å². The normalized spacial score (nSPS) is 14.2. The Hall–Kier alpha value is -3.55. The van der Waals surface area contributed by atoms with Crippen molar-refractivity contribution in [2.24, 2.45) is 0 Å². The van der Waals surface area contributed by atoms with Crippen LogP contribution in [-0.4, -0.2) is 33.7 Å². The van der Waals surface area contributed by atoms with E-state index >= 15 is 0 Å². The molecule has 0 radical (unpaired) electrons. The summed E-state index contributed by atoms with van der Waals surface area (Å²) in [6, 6.07) is 10.9. The maximum atomic E-state index is 12.3. The van der Waals surface area contributed by atoms with Crippen LogP contribution in [0.2, 0.25) is 0 Å². The van der Waals surface area contributed by atoms with Gasteiger partial charge in [-0.05, 0) is 49.6 Å². The second-order valence-electron chi connectivity index (χ2n) is 7.85. The van der Waals surface area contributed by atoms with Crippen molar-refractivity contribution in [1.29, 1.82) is 0 Å². The van der Waals surface area contributed by atoms with Gasteiger partial charge in [0, 0.05) is 43.4 Å². The number of carbonyl (C=O) groups excluding carboxylic acids is 1. The van der Waals surface area contributed by atoms with Crippen LogP contribution in [0, 0.1) is 6.92 Å². The first-order chi connectivity index (χ1) is 15.1. The Balaban J connectivity index is 1.33. The molecule has 0 saturated carbocycles. The summed E-state index contributed by atoms with van der Waals surface area (Å²) in [7, 11) is 0. The summed E-state index contributed by atoms with van der Waals surface area (Å²) in [6.07, 6.45) is 8.48. The standard InChI is InChI=1S/C23H28N6O2/c1-17-14-26-23(31)29(17)20-8-6-7-19(13-20)27-22(30)25-16-18-9-10-21(24-15-18)28-11-4-2-3-5-12-28/h6-10,13-15H,2-5,11-12,16H2,1H3,(H,26,31)(H2,25,27,30). The van der Waals surface area contributed by atoms with Crippen molar-refractivity contribution in [2.75, 3.05) is 23.3 Å². The largest absolute Gasteiger partial charge is 0.357 e. The van der Waals surface area contributed by atoms with Crippen LogP contribution < -0.4 is 21.2 Å². The number of urea groups is 1. The van der Waals surface area contributed by atoms with Crippen LogP contribution in [-0.2, 0) is 6.54 Å². The molecule has 3 heterocycles. The van der Waals surface area contributed by atoms with Crippen molar-refractivity contribution in [2.45, 2.75) is 39.2 Å². The number of nitrogens with one attached hydrogen (secondary N) is 3. The van der Waals surface area contributed by atoms with Crippen molar-refractivity contribution in [3.8, 4) is 5.69 Å². The number of imidazole rings is 1. The maximum Gasteiger partial charge on any atom is 0.330 e. The number of hydrogen-bond donors (Lipinski definition) is 3. The van der Waals surface area contributed by atoms with Gasteiger partial charge in [-0.3, -0.25) is 4.57 Å². The van der Waals surface area contributed by atoms with Gasteiger partial charge in [-0.2, -0.15) is 0 Å². The van der Waals surface area contributed by atoms with Gasteiger partial charge in [-0.15, -0.1) is 0 Å². The number of benzene rings is 1.